The largest absolute Gasteiger partial charge is 0.497 e. The van der Waals surface area contributed by atoms with E-state index in [9.17, 15) is 9.59 Å². The molecule has 8 nitrogen and oxygen atoms in total. The van der Waals surface area contributed by atoms with Gasteiger partial charge in [-0.3, -0.25) is 19.2 Å². The van der Waals surface area contributed by atoms with Gasteiger partial charge in [-0.1, -0.05) is 18.2 Å². The Labute approximate surface area is 213 Å². The van der Waals surface area contributed by atoms with E-state index in [4.69, 9.17) is 9.15 Å². The molecule has 2 aromatic heterocycles. The lowest BCUT2D eigenvalue weighted by atomic mass is 9.94. The number of nitrogens with zero attached hydrogens (tertiary/aromatic N) is 3. The van der Waals surface area contributed by atoms with Gasteiger partial charge < -0.3 is 14.5 Å². The van der Waals surface area contributed by atoms with E-state index >= 15 is 0 Å². The molecule has 3 heterocycles. The van der Waals surface area contributed by atoms with Crippen LogP contribution in [0.2, 0.25) is 0 Å². The first kappa shape index (κ1) is 23.7. The number of ether oxygens (including phenoxy) is 1. The van der Waals surface area contributed by atoms with Crippen molar-refractivity contribution in [2.45, 2.75) is 30.4 Å². The Morgan fingerprint density at radius 1 is 1.17 bits per heavy atom. The molecule has 9 heteroatoms. The Hall–Kier alpha value is -3.98. The lowest BCUT2D eigenvalue weighted by molar-refractivity contribution is -0.126. The smallest absolute Gasteiger partial charge is 0.277 e. The number of hydrogen-bond donors (Lipinski definition) is 1. The molecule has 1 aliphatic heterocycles. The molecule has 0 unspecified atom stereocenters. The lowest BCUT2D eigenvalue weighted by Gasteiger charge is -2.43. The molecule has 0 bridgehead atoms. The number of hydrogen-bond acceptors (Lipinski definition) is 6. The van der Waals surface area contributed by atoms with Crippen molar-refractivity contribution >= 4 is 29.3 Å². The van der Waals surface area contributed by atoms with Gasteiger partial charge in [0.25, 0.3) is 5.91 Å². The lowest BCUT2D eigenvalue weighted by Crippen LogP contribution is -2.64. The number of aromatic nitrogens is 2. The summed E-state index contributed by atoms with van der Waals surface area (Å²) in [6, 6.07) is 20.4. The number of amides is 2. The molecular formula is C27H26N4O4S. The van der Waals surface area contributed by atoms with E-state index in [0.717, 1.165) is 16.2 Å². The van der Waals surface area contributed by atoms with Gasteiger partial charge in [0.15, 0.2) is 5.76 Å². The number of nitrogens with one attached hydrogen (secondary N) is 1. The van der Waals surface area contributed by atoms with Crippen molar-refractivity contribution in [3.05, 3.63) is 84.3 Å². The van der Waals surface area contributed by atoms with E-state index in [-0.39, 0.29) is 18.4 Å². The molecule has 0 spiro atoms. The fraction of sp³-hybridized carbons (Fsp3) is 0.222. The number of benzene rings is 2. The van der Waals surface area contributed by atoms with Crippen LogP contribution in [0.4, 0.5) is 5.69 Å². The van der Waals surface area contributed by atoms with Gasteiger partial charge in [0.2, 0.25) is 5.91 Å². The van der Waals surface area contributed by atoms with Crippen LogP contribution in [0.25, 0.3) is 11.5 Å². The first-order valence-electron chi connectivity index (χ1n) is 11.4. The van der Waals surface area contributed by atoms with E-state index < -0.39 is 5.54 Å². The van der Waals surface area contributed by atoms with Crippen LogP contribution >= 0.6 is 11.8 Å². The first-order valence-corrected chi connectivity index (χ1v) is 12.7. The predicted octanol–water partition coefficient (Wildman–Crippen LogP) is 4.61. The van der Waals surface area contributed by atoms with E-state index in [1.165, 1.54) is 0 Å². The van der Waals surface area contributed by atoms with Crippen LogP contribution in [-0.2, 0) is 17.9 Å². The number of furan rings is 1. The third-order valence-electron chi connectivity index (χ3n) is 6.34. The van der Waals surface area contributed by atoms with Gasteiger partial charge in [0.05, 0.1) is 19.9 Å². The zero-order valence-corrected chi connectivity index (χ0v) is 21.0. The minimum Gasteiger partial charge on any atom is -0.497 e. The van der Waals surface area contributed by atoms with Crippen LogP contribution in [0.3, 0.4) is 0 Å². The molecule has 0 saturated carbocycles. The zero-order valence-electron chi connectivity index (χ0n) is 20.2. The van der Waals surface area contributed by atoms with Crippen molar-refractivity contribution in [1.82, 2.24) is 15.1 Å². The Morgan fingerprint density at radius 2 is 1.97 bits per heavy atom. The summed E-state index contributed by atoms with van der Waals surface area (Å²) in [5.74, 6) is 0.730. The molecule has 1 atom stereocenters. The number of carbonyl (C=O) groups is 2. The maximum atomic E-state index is 13.9. The highest BCUT2D eigenvalue weighted by Crippen LogP contribution is 2.35. The standard InChI is InChI=1S/C27H26N4O4S/c1-27(26(33)28-16-18-9-11-20(34-2)12-10-18)17-30-23(15-22(29-30)24-8-5-13-35-24)25(32)31(27)19-6-4-7-21(14-19)36-3/h4-15H,16-17H2,1-3H3,(H,28,33)/t27-/m1/s1. The molecule has 4 aromatic rings. The van der Waals surface area contributed by atoms with Crippen molar-refractivity contribution in [1.29, 1.82) is 0 Å². The van der Waals surface area contributed by atoms with Gasteiger partial charge in [-0.05, 0) is 61.2 Å². The molecule has 1 aliphatic rings. The average molecular weight is 503 g/mol. The molecule has 0 radical (unpaired) electrons. The minimum absolute atomic E-state index is 0.187. The number of anilines is 1. The van der Waals surface area contributed by atoms with Crippen LogP contribution in [0, 0.1) is 0 Å². The van der Waals surface area contributed by atoms with Gasteiger partial charge in [-0.2, -0.15) is 5.10 Å². The summed E-state index contributed by atoms with van der Waals surface area (Å²) >= 11 is 1.58. The van der Waals surface area contributed by atoms with Gasteiger partial charge in [-0.25, -0.2) is 0 Å². The molecule has 184 valence electrons. The quantitative estimate of drug-likeness (QED) is 0.371. The summed E-state index contributed by atoms with van der Waals surface area (Å²) in [6.07, 6.45) is 3.54. The molecule has 0 aliphatic carbocycles. The van der Waals surface area contributed by atoms with Crippen molar-refractivity contribution in [3.63, 3.8) is 0 Å². The molecule has 2 aromatic carbocycles. The Morgan fingerprint density at radius 3 is 2.67 bits per heavy atom. The van der Waals surface area contributed by atoms with Gasteiger partial charge in [0, 0.05) is 23.2 Å². The highest BCUT2D eigenvalue weighted by atomic mass is 32.2. The number of carbonyl (C=O) groups excluding carboxylic acids is 2. The van der Waals surface area contributed by atoms with Crippen molar-refractivity contribution in [3.8, 4) is 17.2 Å². The van der Waals surface area contributed by atoms with Crippen LogP contribution in [0.5, 0.6) is 5.75 Å². The van der Waals surface area contributed by atoms with Gasteiger partial charge in [0.1, 0.15) is 22.7 Å². The highest BCUT2D eigenvalue weighted by Gasteiger charge is 2.49. The van der Waals surface area contributed by atoms with Crippen molar-refractivity contribution in [2.24, 2.45) is 0 Å². The van der Waals surface area contributed by atoms with E-state index in [1.54, 1.807) is 59.8 Å². The fourth-order valence-electron chi connectivity index (χ4n) is 4.40. The second-order valence-electron chi connectivity index (χ2n) is 8.70. The van der Waals surface area contributed by atoms with Crippen LogP contribution in [0.1, 0.15) is 23.0 Å². The van der Waals surface area contributed by atoms with E-state index in [2.05, 4.69) is 10.4 Å². The molecule has 0 fully saturated rings. The summed E-state index contributed by atoms with van der Waals surface area (Å²) in [6.45, 7) is 2.28. The normalized spacial score (nSPS) is 17.1. The Balaban J connectivity index is 1.51. The van der Waals surface area contributed by atoms with Crippen molar-refractivity contribution in [2.75, 3.05) is 18.3 Å². The number of fused-ring (bicyclic) bond motifs is 1. The summed E-state index contributed by atoms with van der Waals surface area (Å²) in [4.78, 5) is 30.2. The van der Waals surface area contributed by atoms with E-state index in [0.29, 0.717) is 29.4 Å². The average Bonchev–Trinajstić information content (AvgIpc) is 3.58. The third kappa shape index (κ3) is 4.26. The predicted molar refractivity (Wildman–Crippen MR) is 138 cm³/mol. The second-order valence-corrected chi connectivity index (χ2v) is 9.58. The topological polar surface area (TPSA) is 89.6 Å². The molecule has 2 amide bonds. The van der Waals surface area contributed by atoms with Gasteiger partial charge >= 0.3 is 0 Å². The summed E-state index contributed by atoms with van der Waals surface area (Å²) in [5, 5.41) is 7.62. The molecule has 36 heavy (non-hydrogen) atoms. The first-order chi connectivity index (χ1) is 17.4. The summed E-state index contributed by atoms with van der Waals surface area (Å²) < 4.78 is 12.3. The van der Waals surface area contributed by atoms with Crippen molar-refractivity contribution < 1.29 is 18.7 Å². The second kappa shape index (κ2) is 9.58. The third-order valence-corrected chi connectivity index (χ3v) is 7.07. The molecule has 1 N–H and O–H groups in total. The van der Waals surface area contributed by atoms with E-state index in [1.807, 2.05) is 54.8 Å². The number of thioether (sulfide) groups is 1. The monoisotopic (exact) mass is 502 g/mol. The SMILES string of the molecule is COc1ccc(CNC(=O)[C@@]2(C)Cn3nc(-c4ccco4)cc3C(=O)N2c2cccc(SC)c2)cc1. The number of methoxy groups -OCH3 is 1. The Bertz CT molecular complexity index is 1400. The minimum atomic E-state index is -1.22. The number of rotatable bonds is 7. The molecular weight excluding hydrogens is 476 g/mol. The Kier molecular flexibility index (Phi) is 6.32. The molecule has 5 rings (SSSR count). The maximum Gasteiger partial charge on any atom is 0.277 e. The van der Waals surface area contributed by atoms with Crippen LogP contribution < -0.4 is 15.0 Å². The fourth-order valence-corrected chi connectivity index (χ4v) is 4.85. The zero-order chi connectivity index (χ0) is 25.3. The maximum absolute atomic E-state index is 13.9. The molecule has 0 saturated heterocycles. The van der Waals surface area contributed by atoms with Gasteiger partial charge in [-0.15, -0.1) is 11.8 Å². The van der Waals surface area contributed by atoms with Crippen LogP contribution in [0.15, 0.2) is 82.3 Å². The summed E-state index contributed by atoms with van der Waals surface area (Å²) in [5.41, 5.74) is 1.30. The van der Waals surface area contributed by atoms with Crippen LogP contribution in [-0.4, -0.2) is 40.5 Å². The summed E-state index contributed by atoms with van der Waals surface area (Å²) in [7, 11) is 1.61. The highest BCUT2D eigenvalue weighted by molar-refractivity contribution is 7.98.